The van der Waals surface area contributed by atoms with Crippen LogP contribution in [0.5, 0.6) is 0 Å². The molecule has 0 saturated heterocycles. The van der Waals surface area contributed by atoms with E-state index in [1.54, 1.807) is 13.4 Å². The Bertz CT molecular complexity index is 387. The number of carbonyl (C=O) groups is 1. The highest BCUT2D eigenvalue weighted by Crippen LogP contribution is 2.29. The van der Waals surface area contributed by atoms with Crippen LogP contribution in [0.4, 0.5) is 5.82 Å². The van der Waals surface area contributed by atoms with Gasteiger partial charge in [-0.05, 0) is 19.8 Å². The van der Waals surface area contributed by atoms with Crippen LogP contribution in [-0.4, -0.2) is 29.0 Å². The van der Waals surface area contributed by atoms with E-state index in [1.165, 1.54) is 0 Å². The van der Waals surface area contributed by atoms with Gasteiger partial charge in [0.15, 0.2) is 0 Å². The molecule has 0 unspecified atom stereocenters. The molecule has 0 aliphatic heterocycles. The average molecular weight is 220 g/mol. The van der Waals surface area contributed by atoms with Crippen molar-refractivity contribution in [2.24, 2.45) is 5.92 Å². The third-order valence-corrected chi connectivity index (χ3v) is 2.91. The van der Waals surface area contributed by atoms with Crippen molar-refractivity contribution in [2.45, 2.75) is 25.8 Å². The third-order valence-electron chi connectivity index (χ3n) is 2.91. The Morgan fingerprint density at radius 3 is 2.81 bits per heavy atom. The Kier molecular flexibility index (Phi) is 3.03. The highest BCUT2D eigenvalue weighted by molar-refractivity contribution is 5.79. The number of nitrogens with one attached hydrogen (secondary N) is 2. The topological polar surface area (TPSA) is 66.9 Å². The van der Waals surface area contributed by atoms with Gasteiger partial charge in [-0.1, -0.05) is 0 Å². The summed E-state index contributed by atoms with van der Waals surface area (Å²) in [6, 6.07) is 2.27. The predicted octanol–water partition coefficient (Wildman–Crippen LogP) is 0.722. The summed E-state index contributed by atoms with van der Waals surface area (Å²) in [4.78, 5) is 19.4. The van der Waals surface area contributed by atoms with Gasteiger partial charge >= 0.3 is 0 Å². The molecule has 1 heterocycles. The molecule has 2 N–H and O–H groups in total. The Morgan fingerprint density at radius 1 is 1.44 bits per heavy atom. The first kappa shape index (κ1) is 10.9. The number of aryl methyl sites for hydroxylation is 1. The van der Waals surface area contributed by atoms with Gasteiger partial charge in [-0.25, -0.2) is 9.97 Å². The lowest BCUT2D eigenvalue weighted by Gasteiger charge is -2.34. The SMILES string of the molecule is CNC(=O)C1CC(Nc2cc(C)ncn2)C1. The summed E-state index contributed by atoms with van der Waals surface area (Å²) in [6.07, 6.45) is 3.30. The van der Waals surface area contributed by atoms with Crippen LogP contribution < -0.4 is 10.6 Å². The van der Waals surface area contributed by atoms with Gasteiger partial charge < -0.3 is 10.6 Å². The highest BCUT2D eigenvalue weighted by atomic mass is 16.1. The van der Waals surface area contributed by atoms with Crippen LogP contribution in [-0.2, 0) is 4.79 Å². The lowest BCUT2D eigenvalue weighted by atomic mass is 9.79. The molecule has 1 saturated carbocycles. The minimum Gasteiger partial charge on any atom is -0.367 e. The van der Waals surface area contributed by atoms with Crippen molar-refractivity contribution in [3.8, 4) is 0 Å². The van der Waals surface area contributed by atoms with Crippen molar-refractivity contribution < 1.29 is 4.79 Å². The summed E-state index contributed by atoms with van der Waals surface area (Å²) < 4.78 is 0. The molecule has 5 nitrogen and oxygen atoms in total. The van der Waals surface area contributed by atoms with E-state index in [2.05, 4.69) is 20.6 Å². The number of aromatic nitrogens is 2. The molecule has 16 heavy (non-hydrogen) atoms. The van der Waals surface area contributed by atoms with Crippen molar-refractivity contribution in [1.82, 2.24) is 15.3 Å². The van der Waals surface area contributed by atoms with Gasteiger partial charge in [0.2, 0.25) is 5.91 Å². The van der Waals surface area contributed by atoms with E-state index in [4.69, 9.17) is 0 Å². The minimum absolute atomic E-state index is 0.136. The van der Waals surface area contributed by atoms with Gasteiger partial charge in [0.1, 0.15) is 12.1 Å². The average Bonchev–Trinajstić information content (AvgIpc) is 2.22. The molecule has 2 rings (SSSR count). The third kappa shape index (κ3) is 2.29. The summed E-state index contributed by atoms with van der Waals surface area (Å²) >= 11 is 0. The second kappa shape index (κ2) is 4.47. The molecular weight excluding hydrogens is 204 g/mol. The van der Waals surface area contributed by atoms with Crippen LogP contribution in [0.25, 0.3) is 0 Å². The van der Waals surface area contributed by atoms with E-state index >= 15 is 0 Å². The molecule has 5 heteroatoms. The van der Waals surface area contributed by atoms with Crippen LogP contribution in [0.2, 0.25) is 0 Å². The molecule has 0 bridgehead atoms. The molecule has 1 aliphatic rings. The molecular formula is C11H16N4O. The second-order valence-corrected chi connectivity index (χ2v) is 4.17. The van der Waals surface area contributed by atoms with Crippen molar-refractivity contribution >= 4 is 11.7 Å². The molecule has 1 aliphatic carbocycles. The monoisotopic (exact) mass is 220 g/mol. The van der Waals surface area contributed by atoms with E-state index in [0.29, 0.717) is 6.04 Å². The lowest BCUT2D eigenvalue weighted by Crippen LogP contribution is -2.43. The Labute approximate surface area is 94.7 Å². The number of anilines is 1. The number of rotatable bonds is 3. The van der Waals surface area contributed by atoms with Crippen molar-refractivity contribution in [1.29, 1.82) is 0 Å². The maximum atomic E-state index is 11.3. The summed E-state index contributed by atoms with van der Waals surface area (Å²) in [5.74, 6) is 1.13. The van der Waals surface area contributed by atoms with E-state index in [0.717, 1.165) is 24.4 Å². The zero-order chi connectivity index (χ0) is 11.5. The van der Waals surface area contributed by atoms with Crippen LogP contribution in [0.15, 0.2) is 12.4 Å². The van der Waals surface area contributed by atoms with Crippen molar-refractivity contribution in [3.05, 3.63) is 18.1 Å². The fourth-order valence-electron chi connectivity index (χ4n) is 1.90. The van der Waals surface area contributed by atoms with Gasteiger partial charge in [0.25, 0.3) is 0 Å². The number of hydrogen-bond donors (Lipinski definition) is 2. The Morgan fingerprint density at radius 2 is 2.19 bits per heavy atom. The molecule has 1 aromatic rings. The van der Waals surface area contributed by atoms with Gasteiger partial charge in [0, 0.05) is 30.8 Å². The van der Waals surface area contributed by atoms with E-state index < -0.39 is 0 Å². The Balaban J connectivity index is 1.84. The molecule has 1 amide bonds. The molecule has 0 spiro atoms. The van der Waals surface area contributed by atoms with Gasteiger partial charge in [-0.3, -0.25) is 4.79 Å². The summed E-state index contributed by atoms with van der Waals surface area (Å²) in [5.41, 5.74) is 0.944. The predicted molar refractivity (Wildman–Crippen MR) is 61.0 cm³/mol. The normalized spacial score (nSPS) is 23.4. The van der Waals surface area contributed by atoms with E-state index in [9.17, 15) is 4.79 Å². The Hall–Kier alpha value is -1.65. The first-order valence-electron chi connectivity index (χ1n) is 5.46. The van der Waals surface area contributed by atoms with Gasteiger partial charge in [-0.2, -0.15) is 0 Å². The number of hydrogen-bond acceptors (Lipinski definition) is 4. The molecule has 1 aromatic heterocycles. The zero-order valence-electron chi connectivity index (χ0n) is 9.53. The van der Waals surface area contributed by atoms with Crippen LogP contribution in [0, 0.1) is 12.8 Å². The molecule has 0 atom stereocenters. The summed E-state index contributed by atoms with van der Waals surface area (Å²) in [7, 11) is 1.68. The molecule has 1 fully saturated rings. The highest BCUT2D eigenvalue weighted by Gasteiger charge is 2.33. The second-order valence-electron chi connectivity index (χ2n) is 4.17. The lowest BCUT2D eigenvalue weighted by molar-refractivity contribution is -0.127. The van der Waals surface area contributed by atoms with E-state index in [-0.39, 0.29) is 11.8 Å². The number of amides is 1. The van der Waals surface area contributed by atoms with E-state index in [1.807, 2.05) is 13.0 Å². The minimum atomic E-state index is 0.136. The fraction of sp³-hybridized carbons (Fsp3) is 0.545. The van der Waals surface area contributed by atoms with Crippen molar-refractivity contribution in [3.63, 3.8) is 0 Å². The van der Waals surface area contributed by atoms with Crippen molar-refractivity contribution in [2.75, 3.05) is 12.4 Å². The quantitative estimate of drug-likeness (QED) is 0.787. The van der Waals surface area contributed by atoms with Gasteiger partial charge in [0.05, 0.1) is 0 Å². The maximum Gasteiger partial charge on any atom is 0.223 e. The summed E-state index contributed by atoms with van der Waals surface area (Å²) in [5, 5.41) is 5.97. The largest absolute Gasteiger partial charge is 0.367 e. The van der Waals surface area contributed by atoms with Gasteiger partial charge in [-0.15, -0.1) is 0 Å². The standard InChI is InChI=1S/C11H16N4O/c1-7-3-10(14-6-13-7)15-9-4-8(5-9)11(16)12-2/h3,6,8-9H,4-5H2,1-2H3,(H,12,16)(H,13,14,15). The smallest absolute Gasteiger partial charge is 0.223 e. The van der Waals surface area contributed by atoms with Crippen LogP contribution in [0.3, 0.4) is 0 Å². The molecule has 0 aromatic carbocycles. The fourth-order valence-corrected chi connectivity index (χ4v) is 1.90. The first-order chi connectivity index (χ1) is 7.69. The summed E-state index contributed by atoms with van der Waals surface area (Å²) in [6.45, 7) is 1.93. The zero-order valence-corrected chi connectivity index (χ0v) is 9.53. The first-order valence-corrected chi connectivity index (χ1v) is 5.46. The maximum absolute atomic E-state index is 11.3. The molecule has 0 radical (unpaired) electrons. The molecule has 86 valence electrons. The van der Waals surface area contributed by atoms with Crippen LogP contribution >= 0.6 is 0 Å². The number of nitrogens with zero attached hydrogens (tertiary/aromatic N) is 2. The van der Waals surface area contributed by atoms with Crippen LogP contribution in [0.1, 0.15) is 18.5 Å². The number of carbonyl (C=O) groups excluding carboxylic acids is 1.